The average molecular weight is 268 g/mol. The monoisotopic (exact) mass is 268 g/mol. The number of nitrogens with two attached hydrogens (primary N) is 1. The van der Waals surface area contributed by atoms with E-state index in [1.165, 1.54) is 6.07 Å². The number of rotatable bonds is 7. The van der Waals surface area contributed by atoms with Crippen LogP contribution in [0.3, 0.4) is 0 Å². The summed E-state index contributed by atoms with van der Waals surface area (Å²) in [6, 6.07) is 5.12. The normalized spacial score (nSPS) is 14.2. The lowest BCUT2D eigenvalue weighted by Crippen LogP contribution is -2.36. The number of methoxy groups -OCH3 is 1. The van der Waals surface area contributed by atoms with Crippen LogP contribution >= 0.6 is 0 Å². The van der Waals surface area contributed by atoms with Crippen LogP contribution in [0.4, 0.5) is 10.1 Å². The maximum atomic E-state index is 14.0. The second-order valence-corrected chi connectivity index (χ2v) is 4.90. The molecule has 108 valence electrons. The minimum absolute atomic E-state index is 0.238. The molecule has 0 fully saturated rings. The van der Waals surface area contributed by atoms with Crippen LogP contribution in [0.25, 0.3) is 0 Å². The predicted molar refractivity (Wildman–Crippen MR) is 78.0 cm³/mol. The quantitative estimate of drug-likeness (QED) is 0.826. The molecule has 3 nitrogen and oxygen atoms in total. The summed E-state index contributed by atoms with van der Waals surface area (Å²) in [4.78, 5) is 2.17. The van der Waals surface area contributed by atoms with E-state index in [4.69, 9.17) is 10.5 Å². The molecule has 1 rings (SSSR count). The minimum Gasteiger partial charge on any atom is -0.383 e. The van der Waals surface area contributed by atoms with Crippen molar-refractivity contribution in [3.05, 3.63) is 29.6 Å². The van der Waals surface area contributed by atoms with Crippen molar-refractivity contribution in [2.24, 2.45) is 5.73 Å². The molecular weight excluding hydrogens is 243 g/mol. The molecular formula is C15H25FN2O. The SMILES string of the molecule is CCC(C)N(CCOC)c1cccc(F)c1C(C)N. The fourth-order valence-corrected chi connectivity index (χ4v) is 2.22. The fraction of sp³-hybridized carbons (Fsp3) is 0.600. The second kappa shape index (κ2) is 7.46. The van der Waals surface area contributed by atoms with Crippen LogP contribution in [0.2, 0.25) is 0 Å². The van der Waals surface area contributed by atoms with Crippen LogP contribution in [0.1, 0.15) is 38.8 Å². The van der Waals surface area contributed by atoms with E-state index < -0.39 is 0 Å². The lowest BCUT2D eigenvalue weighted by molar-refractivity contribution is 0.203. The van der Waals surface area contributed by atoms with Gasteiger partial charge in [0.2, 0.25) is 0 Å². The summed E-state index contributed by atoms with van der Waals surface area (Å²) >= 11 is 0. The Morgan fingerprint density at radius 3 is 2.58 bits per heavy atom. The van der Waals surface area contributed by atoms with Gasteiger partial charge in [0.25, 0.3) is 0 Å². The molecule has 0 spiro atoms. The number of ether oxygens (including phenoxy) is 1. The Labute approximate surface area is 115 Å². The van der Waals surface area contributed by atoms with Gasteiger partial charge in [-0.1, -0.05) is 13.0 Å². The smallest absolute Gasteiger partial charge is 0.130 e. The molecule has 0 saturated heterocycles. The van der Waals surface area contributed by atoms with E-state index in [-0.39, 0.29) is 11.9 Å². The molecule has 0 radical (unpaired) electrons. The first-order valence-electron chi connectivity index (χ1n) is 6.82. The largest absolute Gasteiger partial charge is 0.383 e. The van der Waals surface area contributed by atoms with Gasteiger partial charge in [-0.2, -0.15) is 0 Å². The molecule has 0 bridgehead atoms. The summed E-state index contributed by atoms with van der Waals surface area (Å²) < 4.78 is 19.2. The number of hydrogen-bond acceptors (Lipinski definition) is 3. The lowest BCUT2D eigenvalue weighted by Gasteiger charge is -2.33. The molecule has 0 heterocycles. The summed E-state index contributed by atoms with van der Waals surface area (Å²) in [5, 5.41) is 0. The van der Waals surface area contributed by atoms with Crippen molar-refractivity contribution < 1.29 is 9.13 Å². The molecule has 0 aliphatic rings. The first-order valence-corrected chi connectivity index (χ1v) is 6.82. The first-order chi connectivity index (χ1) is 9.02. The lowest BCUT2D eigenvalue weighted by atomic mass is 10.0. The first kappa shape index (κ1) is 15.9. The van der Waals surface area contributed by atoms with E-state index in [2.05, 4.69) is 18.7 Å². The molecule has 2 unspecified atom stereocenters. The Morgan fingerprint density at radius 1 is 1.37 bits per heavy atom. The molecule has 19 heavy (non-hydrogen) atoms. The predicted octanol–water partition coefficient (Wildman–Crippen LogP) is 3.10. The highest BCUT2D eigenvalue weighted by Gasteiger charge is 2.20. The highest BCUT2D eigenvalue weighted by molar-refractivity contribution is 5.56. The van der Waals surface area contributed by atoms with Gasteiger partial charge in [-0.25, -0.2) is 4.39 Å². The van der Waals surface area contributed by atoms with Crippen molar-refractivity contribution >= 4 is 5.69 Å². The average Bonchev–Trinajstić information content (AvgIpc) is 2.38. The maximum Gasteiger partial charge on any atom is 0.130 e. The molecule has 2 N–H and O–H groups in total. The van der Waals surface area contributed by atoms with E-state index in [9.17, 15) is 4.39 Å². The summed E-state index contributed by atoms with van der Waals surface area (Å²) in [6.45, 7) is 7.40. The standard InChI is InChI=1S/C15H25FN2O/c1-5-11(2)18(9-10-19-4)14-8-6-7-13(16)15(14)12(3)17/h6-8,11-12H,5,9-10,17H2,1-4H3. The van der Waals surface area contributed by atoms with Gasteiger partial charge in [0.1, 0.15) is 5.82 Å². The summed E-state index contributed by atoms with van der Waals surface area (Å²) in [7, 11) is 1.67. The third kappa shape index (κ3) is 3.91. The van der Waals surface area contributed by atoms with Gasteiger partial charge >= 0.3 is 0 Å². The Kier molecular flexibility index (Phi) is 6.25. The van der Waals surface area contributed by atoms with Crippen molar-refractivity contribution in [2.75, 3.05) is 25.2 Å². The molecule has 1 aromatic rings. The zero-order valence-corrected chi connectivity index (χ0v) is 12.3. The van der Waals surface area contributed by atoms with Gasteiger partial charge in [-0.05, 0) is 32.4 Å². The zero-order valence-electron chi connectivity index (χ0n) is 12.3. The van der Waals surface area contributed by atoms with Gasteiger partial charge in [0.05, 0.1) is 6.61 Å². The number of halogens is 1. The Bertz CT molecular complexity index is 396. The third-order valence-electron chi connectivity index (χ3n) is 3.45. The van der Waals surface area contributed by atoms with Gasteiger partial charge in [0.15, 0.2) is 0 Å². The Balaban J connectivity index is 3.17. The van der Waals surface area contributed by atoms with Crippen LogP contribution in [0.5, 0.6) is 0 Å². The van der Waals surface area contributed by atoms with Crippen LogP contribution in [-0.4, -0.2) is 26.3 Å². The van der Waals surface area contributed by atoms with Crippen molar-refractivity contribution in [1.82, 2.24) is 0 Å². The fourth-order valence-electron chi connectivity index (χ4n) is 2.22. The minimum atomic E-state index is -0.328. The summed E-state index contributed by atoms with van der Waals surface area (Å²) in [5.41, 5.74) is 7.38. The number of benzene rings is 1. The maximum absolute atomic E-state index is 14.0. The van der Waals surface area contributed by atoms with E-state index in [1.54, 1.807) is 13.2 Å². The van der Waals surface area contributed by atoms with Gasteiger partial charge in [0, 0.05) is 37.0 Å². The van der Waals surface area contributed by atoms with E-state index in [1.807, 2.05) is 13.0 Å². The molecule has 0 aromatic heterocycles. The van der Waals surface area contributed by atoms with Crippen molar-refractivity contribution in [3.63, 3.8) is 0 Å². The van der Waals surface area contributed by atoms with Crippen molar-refractivity contribution in [1.29, 1.82) is 0 Å². The zero-order chi connectivity index (χ0) is 14.4. The Morgan fingerprint density at radius 2 is 2.05 bits per heavy atom. The Hall–Kier alpha value is -1.13. The molecule has 2 atom stereocenters. The molecule has 4 heteroatoms. The molecule has 0 aliphatic heterocycles. The van der Waals surface area contributed by atoms with Gasteiger partial charge < -0.3 is 15.4 Å². The number of anilines is 1. The number of hydrogen-bond donors (Lipinski definition) is 1. The molecule has 0 aliphatic carbocycles. The molecule has 1 aromatic carbocycles. The van der Waals surface area contributed by atoms with Crippen LogP contribution in [-0.2, 0) is 4.74 Å². The molecule has 0 amide bonds. The van der Waals surface area contributed by atoms with Gasteiger partial charge in [-0.15, -0.1) is 0 Å². The van der Waals surface area contributed by atoms with Crippen molar-refractivity contribution in [2.45, 2.75) is 39.3 Å². The summed E-state index contributed by atoms with van der Waals surface area (Å²) in [6.07, 6.45) is 0.985. The van der Waals surface area contributed by atoms with Crippen molar-refractivity contribution in [3.8, 4) is 0 Å². The topological polar surface area (TPSA) is 38.5 Å². The highest BCUT2D eigenvalue weighted by Crippen LogP contribution is 2.29. The van der Waals surface area contributed by atoms with E-state index in [0.29, 0.717) is 18.2 Å². The van der Waals surface area contributed by atoms with Crippen LogP contribution < -0.4 is 10.6 Å². The summed E-state index contributed by atoms with van der Waals surface area (Å²) in [5.74, 6) is -0.238. The second-order valence-electron chi connectivity index (χ2n) is 4.90. The van der Waals surface area contributed by atoms with E-state index in [0.717, 1.165) is 18.7 Å². The molecule has 0 saturated carbocycles. The highest BCUT2D eigenvalue weighted by atomic mass is 19.1. The van der Waals surface area contributed by atoms with E-state index >= 15 is 0 Å². The van der Waals surface area contributed by atoms with Gasteiger partial charge in [-0.3, -0.25) is 0 Å². The number of nitrogens with zero attached hydrogens (tertiary/aromatic N) is 1. The van der Waals surface area contributed by atoms with Crippen LogP contribution in [0.15, 0.2) is 18.2 Å². The third-order valence-corrected chi connectivity index (χ3v) is 3.45. The van der Waals surface area contributed by atoms with Crippen LogP contribution in [0, 0.1) is 5.82 Å².